The summed E-state index contributed by atoms with van der Waals surface area (Å²) in [6.07, 6.45) is 1.50. The number of carboxylic acids is 1. The summed E-state index contributed by atoms with van der Waals surface area (Å²) in [4.78, 5) is 15.6. The van der Waals surface area contributed by atoms with Crippen LogP contribution in [0.1, 0.15) is 42.0 Å². The first kappa shape index (κ1) is 13.5. The Bertz CT molecular complexity index is 604. The highest BCUT2D eigenvalue weighted by molar-refractivity contribution is 6.01. The molecule has 1 heterocycles. The minimum Gasteiger partial charge on any atom is -0.478 e. The minimum atomic E-state index is -0.967. The van der Waals surface area contributed by atoms with E-state index >= 15 is 0 Å². The third-order valence-electron chi connectivity index (χ3n) is 3.43. The second-order valence-corrected chi connectivity index (χ2v) is 4.58. The quantitative estimate of drug-likeness (QED) is 0.867. The molecule has 2 N–H and O–H groups in total. The molecular formula is C14H18N2O3. The Hall–Kier alpha value is -1.88. The number of aromatic nitrogens is 2. The fraction of sp³-hybridized carbons (Fsp3) is 0.429. The standard InChI is InChI=1S/C14H18N2O3/c1-3-10(7-8-17)16-9(2)15-13-11(14(18)19)5-4-6-12(13)16/h4-6,10,17H,3,7-8H2,1-2H3,(H,18,19). The van der Waals surface area contributed by atoms with Crippen molar-refractivity contribution in [1.29, 1.82) is 0 Å². The molecule has 0 aliphatic rings. The van der Waals surface area contributed by atoms with E-state index in [9.17, 15) is 9.90 Å². The number of hydrogen-bond donors (Lipinski definition) is 2. The summed E-state index contributed by atoms with van der Waals surface area (Å²) >= 11 is 0. The van der Waals surface area contributed by atoms with E-state index < -0.39 is 5.97 Å². The number of para-hydroxylation sites is 1. The minimum absolute atomic E-state index is 0.107. The zero-order valence-corrected chi connectivity index (χ0v) is 11.1. The monoisotopic (exact) mass is 262 g/mol. The van der Waals surface area contributed by atoms with Gasteiger partial charge >= 0.3 is 5.97 Å². The van der Waals surface area contributed by atoms with Crippen molar-refractivity contribution in [3.05, 3.63) is 29.6 Å². The van der Waals surface area contributed by atoms with Crippen LogP contribution in [0.3, 0.4) is 0 Å². The SMILES string of the molecule is CCC(CCO)n1c(C)nc2c(C(=O)O)cccc21. The number of fused-ring (bicyclic) bond motifs is 1. The molecule has 0 fully saturated rings. The fourth-order valence-corrected chi connectivity index (χ4v) is 2.53. The van der Waals surface area contributed by atoms with E-state index in [-0.39, 0.29) is 18.2 Å². The smallest absolute Gasteiger partial charge is 0.337 e. The van der Waals surface area contributed by atoms with E-state index in [2.05, 4.69) is 4.98 Å². The Morgan fingerprint density at radius 1 is 1.47 bits per heavy atom. The molecule has 0 aliphatic heterocycles. The number of imidazole rings is 1. The van der Waals surface area contributed by atoms with Crippen molar-refractivity contribution in [1.82, 2.24) is 9.55 Å². The molecule has 1 atom stereocenters. The van der Waals surface area contributed by atoms with Gasteiger partial charge in [0, 0.05) is 12.6 Å². The number of benzene rings is 1. The third-order valence-corrected chi connectivity index (χ3v) is 3.43. The highest BCUT2D eigenvalue weighted by Crippen LogP contribution is 2.27. The van der Waals surface area contributed by atoms with Gasteiger partial charge in [0.05, 0.1) is 11.1 Å². The molecule has 1 aromatic carbocycles. The van der Waals surface area contributed by atoms with Crippen LogP contribution in [-0.4, -0.2) is 32.3 Å². The van der Waals surface area contributed by atoms with Gasteiger partial charge in [0.1, 0.15) is 11.3 Å². The van der Waals surface area contributed by atoms with Crippen LogP contribution in [0.2, 0.25) is 0 Å². The summed E-state index contributed by atoms with van der Waals surface area (Å²) in [7, 11) is 0. The number of aryl methyl sites for hydroxylation is 1. The second-order valence-electron chi connectivity index (χ2n) is 4.58. The van der Waals surface area contributed by atoms with Gasteiger partial charge in [-0.05, 0) is 31.9 Å². The van der Waals surface area contributed by atoms with Gasteiger partial charge in [0.15, 0.2) is 0 Å². The zero-order valence-electron chi connectivity index (χ0n) is 11.1. The van der Waals surface area contributed by atoms with E-state index in [1.54, 1.807) is 12.1 Å². The number of nitrogens with zero attached hydrogens (tertiary/aromatic N) is 2. The lowest BCUT2D eigenvalue weighted by molar-refractivity contribution is 0.0699. The number of rotatable bonds is 5. The highest BCUT2D eigenvalue weighted by atomic mass is 16.4. The molecule has 0 saturated carbocycles. The average molecular weight is 262 g/mol. The summed E-state index contributed by atoms with van der Waals surface area (Å²) in [6, 6.07) is 5.31. The van der Waals surface area contributed by atoms with E-state index in [0.29, 0.717) is 11.9 Å². The number of carbonyl (C=O) groups is 1. The first-order valence-corrected chi connectivity index (χ1v) is 6.41. The predicted octanol–water partition coefficient (Wildman–Crippen LogP) is 2.38. The summed E-state index contributed by atoms with van der Waals surface area (Å²) < 4.78 is 2.03. The van der Waals surface area contributed by atoms with Gasteiger partial charge in [-0.3, -0.25) is 0 Å². The molecule has 0 spiro atoms. The van der Waals surface area contributed by atoms with Crippen LogP contribution in [0.15, 0.2) is 18.2 Å². The Labute approximate surface area is 111 Å². The van der Waals surface area contributed by atoms with Crippen LogP contribution in [0.4, 0.5) is 0 Å². The van der Waals surface area contributed by atoms with Crippen molar-refractivity contribution in [3.63, 3.8) is 0 Å². The third kappa shape index (κ3) is 2.33. The Balaban J connectivity index is 2.65. The van der Waals surface area contributed by atoms with Gasteiger partial charge in [0.25, 0.3) is 0 Å². The van der Waals surface area contributed by atoms with Crippen molar-refractivity contribution in [2.75, 3.05) is 6.61 Å². The maximum Gasteiger partial charge on any atom is 0.337 e. The summed E-state index contributed by atoms with van der Waals surface area (Å²) in [5, 5.41) is 18.3. The lowest BCUT2D eigenvalue weighted by atomic mass is 10.1. The summed E-state index contributed by atoms with van der Waals surface area (Å²) in [5.74, 6) is -0.186. The lowest BCUT2D eigenvalue weighted by Crippen LogP contribution is -2.11. The van der Waals surface area contributed by atoms with Gasteiger partial charge in [-0.1, -0.05) is 13.0 Å². The molecule has 19 heavy (non-hydrogen) atoms. The number of carboxylic acid groups (broad SMARTS) is 1. The van der Waals surface area contributed by atoms with Crippen molar-refractivity contribution >= 4 is 17.0 Å². The number of aliphatic hydroxyl groups is 1. The maximum absolute atomic E-state index is 11.2. The Morgan fingerprint density at radius 2 is 2.21 bits per heavy atom. The molecule has 102 valence electrons. The van der Waals surface area contributed by atoms with Gasteiger partial charge in [-0.2, -0.15) is 0 Å². The zero-order chi connectivity index (χ0) is 14.0. The van der Waals surface area contributed by atoms with Crippen molar-refractivity contribution in [2.45, 2.75) is 32.7 Å². The molecule has 0 amide bonds. The molecule has 2 aromatic rings. The van der Waals surface area contributed by atoms with Crippen LogP contribution in [0.25, 0.3) is 11.0 Å². The molecule has 5 nitrogen and oxygen atoms in total. The van der Waals surface area contributed by atoms with E-state index in [0.717, 1.165) is 17.8 Å². The number of hydrogen-bond acceptors (Lipinski definition) is 3. The van der Waals surface area contributed by atoms with Gasteiger partial charge in [-0.15, -0.1) is 0 Å². The van der Waals surface area contributed by atoms with E-state index in [1.807, 2.05) is 24.5 Å². The summed E-state index contributed by atoms with van der Waals surface area (Å²) in [6.45, 7) is 4.02. The van der Waals surface area contributed by atoms with Gasteiger partial charge in [0.2, 0.25) is 0 Å². The van der Waals surface area contributed by atoms with Crippen molar-refractivity contribution in [2.24, 2.45) is 0 Å². The second kappa shape index (κ2) is 5.40. The van der Waals surface area contributed by atoms with Crippen LogP contribution in [0.5, 0.6) is 0 Å². The molecule has 0 radical (unpaired) electrons. The van der Waals surface area contributed by atoms with Crippen LogP contribution in [0, 0.1) is 6.92 Å². The predicted molar refractivity (Wildman–Crippen MR) is 72.5 cm³/mol. The lowest BCUT2D eigenvalue weighted by Gasteiger charge is -2.18. The largest absolute Gasteiger partial charge is 0.478 e. The van der Waals surface area contributed by atoms with Crippen LogP contribution >= 0.6 is 0 Å². The molecule has 1 unspecified atom stereocenters. The normalized spacial score (nSPS) is 12.8. The van der Waals surface area contributed by atoms with Crippen molar-refractivity contribution in [3.8, 4) is 0 Å². The van der Waals surface area contributed by atoms with E-state index in [1.165, 1.54) is 0 Å². The molecule has 2 rings (SSSR count). The Kier molecular flexibility index (Phi) is 3.85. The van der Waals surface area contributed by atoms with E-state index in [4.69, 9.17) is 5.11 Å². The average Bonchev–Trinajstić information content (AvgIpc) is 2.71. The summed E-state index contributed by atoms with van der Waals surface area (Å²) in [5.41, 5.74) is 1.56. The van der Waals surface area contributed by atoms with Gasteiger partial charge < -0.3 is 14.8 Å². The Morgan fingerprint density at radius 3 is 2.79 bits per heavy atom. The highest BCUT2D eigenvalue weighted by Gasteiger charge is 2.19. The van der Waals surface area contributed by atoms with Crippen LogP contribution < -0.4 is 0 Å². The first-order valence-electron chi connectivity index (χ1n) is 6.41. The molecule has 1 aromatic heterocycles. The van der Waals surface area contributed by atoms with Crippen LogP contribution in [-0.2, 0) is 0 Å². The number of aliphatic hydroxyl groups excluding tert-OH is 1. The number of aromatic carboxylic acids is 1. The molecule has 0 aliphatic carbocycles. The van der Waals surface area contributed by atoms with Gasteiger partial charge in [-0.25, -0.2) is 9.78 Å². The molecule has 0 saturated heterocycles. The van der Waals surface area contributed by atoms with Crippen molar-refractivity contribution < 1.29 is 15.0 Å². The molecular weight excluding hydrogens is 244 g/mol. The molecule has 5 heteroatoms. The topological polar surface area (TPSA) is 75.3 Å². The fourth-order valence-electron chi connectivity index (χ4n) is 2.53. The first-order chi connectivity index (χ1) is 9.10. The molecule has 0 bridgehead atoms. The maximum atomic E-state index is 11.2.